The molecule has 0 radical (unpaired) electrons. The Morgan fingerprint density at radius 3 is 2.70 bits per heavy atom. The minimum atomic E-state index is -0.00499. The lowest BCUT2D eigenvalue weighted by Crippen LogP contribution is -2.34. The first kappa shape index (κ1) is 16.8. The molecule has 2 aromatic rings. The quantitative estimate of drug-likeness (QED) is 0.913. The van der Waals surface area contributed by atoms with Crippen molar-refractivity contribution in [2.24, 2.45) is 17.6 Å². The van der Waals surface area contributed by atoms with Gasteiger partial charge in [-0.2, -0.15) is 0 Å². The van der Waals surface area contributed by atoms with Crippen LogP contribution in [0.4, 0.5) is 0 Å². The van der Waals surface area contributed by atoms with Gasteiger partial charge in [-0.15, -0.1) is 0 Å². The molecule has 140 valence electrons. The molecule has 2 aromatic carbocycles. The predicted octanol–water partition coefficient (Wildman–Crippen LogP) is 2.93. The summed E-state index contributed by atoms with van der Waals surface area (Å²) in [4.78, 5) is 15.4. The number of hydrogen-bond donors (Lipinski definition) is 1. The second-order valence-corrected chi connectivity index (χ2v) is 8.26. The lowest BCUT2D eigenvalue weighted by Gasteiger charge is -2.27. The number of nitrogens with zero attached hydrogens (tertiary/aromatic N) is 1. The fraction of sp³-hybridized carbons (Fsp3) is 0.435. The molecule has 1 saturated heterocycles. The number of nitrogens with two attached hydrogens (primary N) is 1. The molecule has 2 heterocycles. The van der Waals surface area contributed by atoms with E-state index in [9.17, 15) is 4.79 Å². The number of likely N-dealkylation sites (tertiary alicyclic amines) is 1. The van der Waals surface area contributed by atoms with Crippen LogP contribution in [0.5, 0.6) is 5.75 Å². The van der Waals surface area contributed by atoms with Crippen LogP contribution in [0.2, 0.25) is 0 Å². The van der Waals surface area contributed by atoms with Crippen LogP contribution in [0.25, 0.3) is 0 Å². The minimum Gasteiger partial charge on any atom is -0.493 e. The van der Waals surface area contributed by atoms with Crippen LogP contribution in [0.3, 0.4) is 0 Å². The highest BCUT2D eigenvalue weighted by Gasteiger charge is 2.62. The van der Waals surface area contributed by atoms with E-state index in [1.807, 2.05) is 18.2 Å². The molecule has 27 heavy (non-hydrogen) atoms. The molecule has 4 nitrogen and oxygen atoms in total. The zero-order chi connectivity index (χ0) is 18.4. The molecule has 2 fully saturated rings. The molecular weight excluding hydrogens is 336 g/mol. The van der Waals surface area contributed by atoms with Gasteiger partial charge in [0.25, 0.3) is 0 Å². The van der Waals surface area contributed by atoms with Crippen LogP contribution in [0.15, 0.2) is 54.6 Å². The predicted molar refractivity (Wildman–Crippen MR) is 105 cm³/mol. The monoisotopic (exact) mass is 362 g/mol. The summed E-state index contributed by atoms with van der Waals surface area (Å²) in [5.74, 6) is 2.05. The average Bonchev–Trinajstić information content (AvgIpc) is 3.26. The topological polar surface area (TPSA) is 55.6 Å². The Bertz CT molecular complexity index is 852. The van der Waals surface area contributed by atoms with Gasteiger partial charge in [-0.1, -0.05) is 48.5 Å². The number of rotatable bonds is 3. The molecule has 1 saturated carbocycles. The highest BCUT2D eigenvalue weighted by atomic mass is 16.5. The molecule has 2 unspecified atom stereocenters. The molecular formula is C23H26N2O2. The van der Waals surface area contributed by atoms with Crippen molar-refractivity contribution < 1.29 is 9.53 Å². The SMILES string of the molecule is NC[C@@H]1CN(C(=O)C2CC23CCOc2ccccc23)C[C@H]1c1ccccc1. The number of benzene rings is 2. The molecule has 1 spiro atoms. The van der Waals surface area contributed by atoms with Crippen LogP contribution in [0, 0.1) is 11.8 Å². The second kappa shape index (κ2) is 6.38. The third-order valence-electron chi connectivity index (χ3n) is 6.89. The summed E-state index contributed by atoms with van der Waals surface area (Å²) in [5.41, 5.74) is 8.58. The maximum Gasteiger partial charge on any atom is 0.226 e. The van der Waals surface area contributed by atoms with Crippen molar-refractivity contribution in [3.8, 4) is 5.75 Å². The number of carbonyl (C=O) groups is 1. The van der Waals surface area contributed by atoms with Gasteiger partial charge in [0.05, 0.1) is 6.61 Å². The molecule has 2 aliphatic heterocycles. The van der Waals surface area contributed by atoms with E-state index in [1.54, 1.807) is 0 Å². The Balaban J connectivity index is 1.36. The van der Waals surface area contributed by atoms with Crippen molar-refractivity contribution in [3.05, 3.63) is 65.7 Å². The van der Waals surface area contributed by atoms with Gasteiger partial charge < -0.3 is 15.4 Å². The Labute approximate surface area is 160 Å². The number of fused-ring (bicyclic) bond motifs is 2. The van der Waals surface area contributed by atoms with Crippen molar-refractivity contribution in [3.63, 3.8) is 0 Å². The lowest BCUT2D eigenvalue weighted by molar-refractivity contribution is -0.132. The number of hydrogen-bond acceptors (Lipinski definition) is 3. The Morgan fingerprint density at radius 2 is 1.89 bits per heavy atom. The van der Waals surface area contributed by atoms with Crippen LogP contribution < -0.4 is 10.5 Å². The van der Waals surface area contributed by atoms with Crippen molar-refractivity contribution in [1.29, 1.82) is 0 Å². The highest BCUT2D eigenvalue weighted by molar-refractivity contribution is 5.85. The van der Waals surface area contributed by atoms with Gasteiger partial charge in [0.2, 0.25) is 5.91 Å². The highest BCUT2D eigenvalue weighted by Crippen LogP contribution is 2.61. The van der Waals surface area contributed by atoms with E-state index in [0.717, 1.165) is 31.7 Å². The van der Waals surface area contributed by atoms with E-state index in [0.29, 0.717) is 30.9 Å². The molecule has 4 atom stereocenters. The van der Waals surface area contributed by atoms with Crippen molar-refractivity contribution in [1.82, 2.24) is 4.90 Å². The molecule has 1 aliphatic carbocycles. The minimum absolute atomic E-state index is 0.00499. The standard InChI is InChI=1S/C23H26N2O2/c24-13-17-14-25(15-18(17)16-6-2-1-3-7-16)22(26)20-12-23(20)10-11-27-21-9-5-4-8-19(21)23/h1-9,17-18,20H,10-15,24H2/t17-,18+,20?,23?/m1/s1. The van der Waals surface area contributed by atoms with Crippen molar-refractivity contribution in [2.75, 3.05) is 26.2 Å². The van der Waals surface area contributed by atoms with Crippen LogP contribution >= 0.6 is 0 Å². The van der Waals surface area contributed by atoms with Gasteiger partial charge in [0, 0.05) is 35.9 Å². The van der Waals surface area contributed by atoms with Crippen LogP contribution in [0.1, 0.15) is 29.9 Å². The molecule has 2 N–H and O–H groups in total. The van der Waals surface area contributed by atoms with E-state index >= 15 is 0 Å². The zero-order valence-corrected chi connectivity index (χ0v) is 15.5. The van der Waals surface area contributed by atoms with Gasteiger partial charge in [-0.25, -0.2) is 0 Å². The summed E-state index contributed by atoms with van der Waals surface area (Å²) in [6, 6.07) is 18.7. The number of carbonyl (C=O) groups excluding carboxylic acids is 1. The Morgan fingerprint density at radius 1 is 1.11 bits per heavy atom. The fourth-order valence-electron chi connectivity index (χ4n) is 5.27. The summed E-state index contributed by atoms with van der Waals surface area (Å²) in [5, 5.41) is 0. The largest absolute Gasteiger partial charge is 0.493 e. The Kier molecular flexibility index (Phi) is 3.97. The van der Waals surface area contributed by atoms with E-state index in [1.165, 1.54) is 11.1 Å². The van der Waals surface area contributed by atoms with E-state index in [2.05, 4.69) is 41.3 Å². The summed E-state index contributed by atoms with van der Waals surface area (Å²) < 4.78 is 5.82. The molecule has 5 rings (SSSR count). The second-order valence-electron chi connectivity index (χ2n) is 8.26. The van der Waals surface area contributed by atoms with E-state index in [-0.39, 0.29) is 11.3 Å². The van der Waals surface area contributed by atoms with Gasteiger partial charge in [0.1, 0.15) is 5.75 Å². The van der Waals surface area contributed by atoms with Crippen molar-refractivity contribution in [2.45, 2.75) is 24.2 Å². The third kappa shape index (κ3) is 2.66. The van der Waals surface area contributed by atoms with Gasteiger partial charge in [-0.05, 0) is 36.9 Å². The third-order valence-corrected chi connectivity index (χ3v) is 6.89. The summed E-state index contributed by atoms with van der Waals surface area (Å²) in [6.45, 7) is 2.89. The lowest BCUT2D eigenvalue weighted by atomic mass is 9.87. The van der Waals surface area contributed by atoms with E-state index < -0.39 is 0 Å². The summed E-state index contributed by atoms with van der Waals surface area (Å²) >= 11 is 0. The first-order chi connectivity index (χ1) is 13.2. The molecule has 0 bridgehead atoms. The molecule has 4 heteroatoms. The first-order valence-corrected chi connectivity index (χ1v) is 9.99. The van der Waals surface area contributed by atoms with Crippen molar-refractivity contribution >= 4 is 5.91 Å². The van der Waals surface area contributed by atoms with Crippen LogP contribution in [-0.2, 0) is 10.2 Å². The molecule has 3 aliphatic rings. The summed E-state index contributed by atoms with van der Waals surface area (Å²) in [7, 11) is 0. The zero-order valence-electron chi connectivity index (χ0n) is 15.5. The van der Waals surface area contributed by atoms with E-state index in [4.69, 9.17) is 10.5 Å². The van der Waals surface area contributed by atoms with Crippen LogP contribution in [-0.4, -0.2) is 37.0 Å². The summed E-state index contributed by atoms with van der Waals surface area (Å²) in [6.07, 6.45) is 1.89. The average molecular weight is 362 g/mol. The molecule has 0 aromatic heterocycles. The van der Waals surface area contributed by atoms with Gasteiger partial charge in [-0.3, -0.25) is 4.79 Å². The normalized spacial score (nSPS) is 31.4. The van der Waals surface area contributed by atoms with Gasteiger partial charge in [0.15, 0.2) is 0 Å². The maximum atomic E-state index is 13.4. The first-order valence-electron chi connectivity index (χ1n) is 9.99. The number of amides is 1. The molecule has 1 amide bonds. The fourth-order valence-corrected chi connectivity index (χ4v) is 5.27. The Hall–Kier alpha value is -2.33. The van der Waals surface area contributed by atoms with Gasteiger partial charge >= 0.3 is 0 Å². The number of ether oxygens (including phenoxy) is 1. The number of para-hydroxylation sites is 1. The smallest absolute Gasteiger partial charge is 0.226 e. The maximum absolute atomic E-state index is 13.4.